The molecule has 1 saturated heterocycles. The standard InChI is InChI=1S/C10H20N2O5S/c1-8-5-12(6-9(2)17-8)18(14,15)11(3)7-10(13)16-4/h8-9H,5-7H2,1-4H3. The van der Waals surface area contributed by atoms with E-state index in [1.165, 1.54) is 18.5 Å². The zero-order valence-corrected chi connectivity index (χ0v) is 11.9. The van der Waals surface area contributed by atoms with Gasteiger partial charge in [0.15, 0.2) is 0 Å². The van der Waals surface area contributed by atoms with Crippen LogP contribution in [0.3, 0.4) is 0 Å². The van der Waals surface area contributed by atoms with Crippen molar-refractivity contribution in [3.05, 3.63) is 0 Å². The number of ether oxygens (including phenoxy) is 2. The lowest BCUT2D eigenvalue weighted by atomic mass is 10.3. The minimum atomic E-state index is -3.65. The molecular weight excluding hydrogens is 260 g/mol. The Kier molecular flexibility index (Phi) is 5.09. The Balaban J connectivity index is 2.76. The number of nitrogens with zero attached hydrogens (tertiary/aromatic N) is 2. The Morgan fingerprint density at radius 2 is 1.89 bits per heavy atom. The summed E-state index contributed by atoms with van der Waals surface area (Å²) in [5.74, 6) is -0.588. The van der Waals surface area contributed by atoms with Crippen molar-refractivity contribution in [2.24, 2.45) is 0 Å². The van der Waals surface area contributed by atoms with Gasteiger partial charge in [-0.05, 0) is 13.8 Å². The van der Waals surface area contributed by atoms with Gasteiger partial charge in [0.1, 0.15) is 6.54 Å². The van der Waals surface area contributed by atoms with Crippen molar-refractivity contribution in [3.8, 4) is 0 Å². The first-order chi connectivity index (χ1) is 8.27. The molecule has 106 valence electrons. The van der Waals surface area contributed by atoms with Crippen LogP contribution < -0.4 is 0 Å². The van der Waals surface area contributed by atoms with Crippen LogP contribution in [0, 0.1) is 0 Å². The zero-order chi connectivity index (χ0) is 13.9. The van der Waals surface area contributed by atoms with Gasteiger partial charge in [0.05, 0.1) is 19.3 Å². The number of rotatable bonds is 4. The van der Waals surface area contributed by atoms with Crippen molar-refractivity contribution in [2.75, 3.05) is 33.8 Å². The van der Waals surface area contributed by atoms with Gasteiger partial charge in [0, 0.05) is 20.1 Å². The van der Waals surface area contributed by atoms with Crippen LogP contribution >= 0.6 is 0 Å². The highest BCUT2D eigenvalue weighted by Gasteiger charge is 2.34. The van der Waals surface area contributed by atoms with Gasteiger partial charge in [-0.2, -0.15) is 17.0 Å². The van der Waals surface area contributed by atoms with E-state index in [9.17, 15) is 13.2 Å². The first-order valence-electron chi connectivity index (χ1n) is 5.71. The van der Waals surface area contributed by atoms with Gasteiger partial charge in [0.25, 0.3) is 10.2 Å². The number of morpholine rings is 1. The highest BCUT2D eigenvalue weighted by Crippen LogP contribution is 2.16. The SMILES string of the molecule is COC(=O)CN(C)S(=O)(=O)N1CC(C)OC(C)C1. The number of esters is 1. The van der Waals surface area contributed by atoms with Crippen LogP contribution in [0.4, 0.5) is 0 Å². The molecule has 2 unspecified atom stereocenters. The quantitative estimate of drug-likeness (QED) is 0.646. The number of hydrogen-bond donors (Lipinski definition) is 0. The molecule has 1 fully saturated rings. The van der Waals surface area contributed by atoms with E-state index in [2.05, 4.69) is 4.74 Å². The molecule has 18 heavy (non-hydrogen) atoms. The van der Waals surface area contributed by atoms with E-state index in [0.717, 1.165) is 4.31 Å². The van der Waals surface area contributed by atoms with Crippen LogP contribution in [0.1, 0.15) is 13.8 Å². The van der Waals surface area contributed by atoms with Gasteiger partial charge in [0.2, 0.25) is 0 Å². The largest absolute Gasteiger partial charge is 0.468 e. The van der Waals surface area contributed by atoms with E-state index in [-0.39, 0.29) is 31.8 Å². The van der Waals surface area contributed by atoms with Crippen molar-refractivity contribution in [1.82, 2.24) is 8.61 Å². The minimum Gasteiger partial charge on any atom is -0.468 e. The average molecular weight is 280 g/mol. The fourth-order valence-electron chi connectivity index (χ4n) is 1.84. The lowest BCUT2D eigenvalue weighted by Gasteiger charge is -2.36. The van der Waals surface area contributed by atoms with Crippen LogP contribution in [0.15, 0.2) is 0 Å². The maximum absolute atomic E-state index is 12.2. The smallest absolute Gasteiger partial charge is 0.321 e. The summed E-state index contributed by atoms with van der Waals surface area (Å²) < 4.78 is 36.7. The molecule has 0 aromatic heterocycles. The van der Waals surface area contributed by atoms with Crippen LogP contribution in [0.5, 0.6) is 0 Å². The lowest BCUT2D eigenvalue weighted by molar-refractivity contribution is -0.140. The fraction of sp³-hybridized carbons (Fsp3) is 0.900. The summed E-state index contributed by atoms with van der Waals surface area (Å²) >= 11 is 0. The van der Waals surface area contributed by atoms with E-state index >= 15 is 0 Å². The minimum absolute atomic E-state index is 0.157. The Hall–Kier alpha value is -0.700. The van der Waals surface area contributed by atoms with Crippen molar-refractivity contribution in [1.29, 1.82) is 0 Å². The third-order valence-corrected chi connectivity index (χ3v) is 4.55. The first kappa shape index (κ1) is 15.4. The van der Waals surface area contributed by atoms with Gasteiger partial charge in [-0.25, -0.2) is 0 Å². The van der Waals surface area contributed by atoms with Crippen LogP contribution in [-0.4, -0.2) is 69.0 Å². The average Bonchev–Trinajstić information content (AvgIpc) is 2.27. The van der Waals surface area contributed by atoms with E-state index < -0.39 is 16.2 Å². The molecular formula is C10H20N2O5S. The molecule has 1 heterocycles. The summed E-state index contributed by atoms with van der Waals surface area (Å²) in [6.45, 7) is 3.92. The maximum Gasteiger partial charge on any atom is 0.321 e. The summed E-state index contributed by atoms with van der Waals surface area (Å²) in [6, 6.07) is 0. The molecule has 2 atom stereocenters. The second-order valence-electron chi connectivity index (χ2n) is 4.41. The number of likely N-dealkylation sites (N-methyl/N-ethyl adjacent to an activating group) is 1. The normalized spacial score (nSPS) is 26.3. The van der Waals surface area contributed by atoms with E-state index in [4.69, 9.17) is 4.74 Å². The third-order valence-electron chi connectivity index (χ3n) is 2.69. The van der Waals surface area contributed by atoms with Gasteiger partial charge in [-0.15, -0.1) is 0 Å². The molecule has 0 bridgehead atoms. The summed E-state index contributed by atoms with van der Waals surface area (Å²) in [5, 5.41) is 0. The molecule has 1 rings (SSSR count). The molecule has 1 aliphatic heterocycles. The van der Waals surface area contributed by atoms with Gasteiger partial charge in [-0.1, -0.05) is 0 Å². The molecule has 8 heteroatoms. The van der Waals surface area contributed by atoms with Crippen LogP contribution in [0.25, 0.3) is 0 Å². The predicted molar refractivity (Wildman–Crippen MR) is 65.1 cm³/mol. The second kappa shape index (κ2) is 5.96. The fourth-order valence-corrected chi connectivity index (χ4v) is 3.30. The van der Waals surface area contributed by atoms with Gasteiger partial charge >= 0.3 is 5.97 Å². The molecule has 0 aromatic carbocycles. The molecule has 0 aliphatic carbocycles. The third kappa shape index (κ3) is 3.64. The van der Waals surface area contributed by atoms with Crippen molar-refractivity contribution < 1.29 is 22.7 Å². The van der Waals surface area contributed by atoms with Gasteiger partial charge < -0.3 is 9.47 Å². The molecule has 0 amide bonds. The number of carbonyl (C=O) groups excluding carboxylic acids is 1. The van der Waals surface area contributed by atoms with E-state index in [0.29, 0.717) is 0 Å². The molecule has 0 aromatic rings. The molecule has 1 aliphatic rings. The molecule has 0 saturated carbocycles. The summed E-state index contributed by atoms with van der Waals surface area (Å²) in [5.41, 5.74) is 0. The second-order valence-corrected chi connectivity index (χ2v) is 6.45. The Morgan fingerprint density at radius 3 is 2.33 bits per heavy atom. The summed E-state index contributed by atoms with van der Waals surface area (Å²) in [4.78, 5) is 11.1. The van der Waals surface area contributed by atoms with Gasteiger partial charge in [-0.3, -0.25) is 4.79 Å². The molecule has 0 N–H and O–H groups in total. The number of hydrogen-bond acceptors (Lipinski definition) is 5. The first-order valence-corrected chi connectivity index (χ1v) is 7.10. The van der Waals surface area contributed by atoms with E-state index in [1.807, 2.05) is 13.8 Å². The maximum atomic E-state index is 12.2. The zero-order valence-electron chi connectivity index (χ0n) is 11.1. The predicted octanol–water partition coefficient (Wildman–Crippen LogP) is -0.555. The summed E-state index contributed by atoms with van der Waals surface area (Å²) in [7, 11) is -1.07. The number of methoxy groups -OCH3 is 1. The Bertz CT molecular complexity index is 387. The number of carbonyl (C=O) groups is 1. The van der Waals surface area contributed by atoms with Crippen molar-refractivity contribution in [3.63, 3.8) is 0 Å². The van der Waals surface area contributed by atoms with Crippen molar-refractivity contribution in [2.45, 2.75) is 26.1 Å². The molecule has 0 radical (unpaired) electrons. The monoisotopic (exact) mass is 280 g/mol. The Labute approximate surface area is 108 Å². The van der Waals surface area contributed by atoms with Crippen LogP contribution in [-0.2, 0) is 24.5 Å². The highest BCUT2D eigenvalue weighted by molar-refractivity contribution is 7.86. The van der Waals surface area contributed by atoms with Crippen LogP contribution in [0.2, 0.25) is 0 Å². The molecule has 7 nitrogen and oxygen atoms in total. The lowest BCUT2D eigenvalue weighted by Crippen LogP contribution is -2.52. The summed E-state index contributed by atoms with van der Waals surface area (Å²) in [6.07, 6.45) is -0.315. The molecule has 0 spiro atoms. The topological polar surface area (TPSA) is 76.2 Å². The Morgan fingerprint density at radius 1 is 1.39 bits per heavy atom. The highest BCUT2D eigenvalue weighted by atomic mass is 32.2. The van der Waals surface area contributed by atoms with Crippen molar-refractivity contribution >= 4 is 16.2 Å². The van der Waals surface area contributed by atoms with E-state index in [1.54, 1.807) is 0 Å².